The van der Waals surface area contributed by atoms with Crippen molar-refractivity contribution in [3.8, 4) is 5.69 Å². The summed E-state index contributed by atoms with van der Waals surface area (Å²) in [4.78, 5) is 0. The Morgan fingerprint density at radius 1 is 0.778 bits per heavy atom. The van der Waals surface area contributed by atoms with Gasteiger partial charge in [0.15, 0.2) is 0 Å². The van der Waals surface area contributed by atoms with Crippen LogP contribution in [0.25, 0.3) is 33.1 Å². The van der Waals surface area contributed by atoms with Gasteiger partial charge < -0.3 is 4.57 Å². The largest absolute Gasteiger partial charge is 0.309 e. The van der Waals surface area contributed by atoms with Gasteiger partial charge in [0.05, 0.1) is 11.0 Å². The highest BCUT2D eigenvalue weighted by atomic mass is 15.0. The molecule has 1 heterocycles. The predicted octanol–water partition coefficient (Wildman–Crippen LogP) is 7.07. The minimum Gasteiger partial charge on any atom is -0.309 e. The Kier molecular flexibility index (Phi) is 3.79. The minimum atomic E-state index is 1.02. The van der Waals surface area contributed by atoms with Crippen LogP contribution in [-0.2, 0) is 0 Å². The molecule has 0 fully saturated rings. The lowest BCUT2D eigenvalue weighted by atomic mass is 10.0. The summed E-state index contributed by atoms with van der Waals surface area (Å²) in [5, 5.41) is 2.59. The molecule has 1 aliphatic rings. The van der Waals surface area contributed by atoms with Crippen molar-refractivity contribution in [2.45, 2.75) is 13.3 Å². The van der Waals surface area contributed by atoms with Gasteiger partial charge in [0, 0.05) is 16.5 Å². The highest BCUT2D eigenvalue weighted by Crippen LogP contribution is 2.34. The maximum Gasteiger partial charge on any atom is 0.0547 e. The molecule has 0 amide bonds. The molecular weight excluding hydrogens is 326 g/mol. The number of benzene rings is 3. The third-order valence-electron chi connectivity index (χ3n) is 5.28. The van der Waals surface area contributed by atoms with Gasteiger partial charge in [-0.3, -0.25) is 0 Å². The van der Waals surface area contributed by atoms with E-state index >= 15 is 0 Å². The van der Waals surface area contributed by atoms with Crippen LogP contribution in [0, 0.1) is 0 Å². The van der Waals surface area contributed by atoms with Crippen molar-refractivity contribution in [2.24, 2.45) is 0 Å². The van der Waals surface area contributed by atoms with Gasteiger partial charge in [-0.2, -0.15) is 0 Å². The quantitative estimate of drug-likeness (QED) is 0.365. The Morgan fingerprint density at radius 2 is 1.56 bits per heavy atom. The summed E-state index contributed by atoms with van der Waals surface area (Å²) in [6.07, 6.45) is 9.92. The van der Waals surface area contributed by atoms with E-state index in [1.807, 2.05) is 0 Å². The van der Waals surface area contributed by atoms with E-state index in [4.69, 9.17) is 0 Å². The van der Waals surface area contributed by atoms with Crippen LogP contribution in [0.3, 0.4) is 0 Å². The number of para-hydroxylation sites is 2. The monoisotopic (exact) mass is 347 g/mol. The maximum atomic E-state index is 2.37. The van der Waals surface area contributed by atoms with Crippen LogP contribution in [0.5, 0.6) is 0 Å². The van der Waals surface area contributed by atoms with Crippen molar-refractivity contribution < 1.29 is 0 Å². The summed E-state index contributed by atoms with van der Waals surface area (Å²) in [7, 11) is 0. The summed E-state index contributed by atoms with van der Waals surface area (Å²) in [6.45, 7) is 2.20. The highest BCUT2D eigenvalue weighted by Gasteiger charge is 2.13. The van der Waals surface area contributed by atoms with E-state index in [1.54, 1.807) is 0 Å². The summed E-state index contributed by atoms with van der Waals surface area (Å²) < 4.78 is 2.37. The molecule has 0 saturated carbocycles. The van der Waals surface area contributed by atoms with Crippen LogP contribution in [-0.4, -0.2) is 4.57 Å². The van der Waals surface area contributed by atoms with E-state index in [0.29, 0.717) is 0 Å². The molecule has 1 aliphatic carbocycles. The summed E-state index contributed by atoms with van der Waals surface area (Å²) in [5.41, 5.74) is 7.61. The Morgan fingerprint density at radius 3 is 2.44 bits per heavy atom. The first-order chi connectivity index (χ1) is 13.3. The third kappa shape index (κ3) is 2.72. The minimum absolute atomic E-state index is 1.02. The van der Waals surface area contributed by atoms with Crippen LogP contribution >= 0.6 is 0 Å². The molecule has 0 saturated heterocycles. The van der Waals surface area contributed by atoms with Crippen molar-refractivity contribution in [2.75, 3.05) is 0 Å². The van der Waals surface area contributed by atoms with E-state index < -0.39 is 0 Å². The van der Waals surface area contributed by atoms with Gasteiger partial charge in [-0.05, 0) is 48.7 Å². The number of hydrogen-bond acceptors (Lipinski definition) is 0. The number of nitrogens with zero attached hydrogens (tertiary/aromatic N) is 1. The standard InChI is InChI=1S/C26H21N/c1-19-9-5-6-10-20(17-19)21-15-16-24-23-13-7-8-14-25(23)27(26(24)18-21)22-11-3-2-4-12-22/h2-8,10-18H,9H2,1H3. The van der Waals surface area contributed by atoms with E-state index in [2.05, 4.69) is 109 Å². The molecular formula is C26H21N. The molecule has 0 unspecified atom stereocenters. The second-order valence-corrected chi connectivity index (χ2v) is 7.17. The smallest absolute Gasteiger partial charge is 0.0547 e. The fourth-order valence-corrected chi connectivity index (χ4v) is 3.98. The van der Waals surface area contributed by atoms with Crippen molar-refractivity contribution in [1.82, 2.24) is 4.57 Å². The summed E-state index contributed by atoms with van der Waals surface area (Å²) in [6, 6.07) is 26.1. The summed E-state index contributed by atoms with van der Waals surface area (Å²) in [5.74, 6) is 0. The van der Waals surface area contributed by atoms with Gasteiger partial charge in [-0.15, -0.1) is 0 Å². The van der Waals surface area contributed by atoms with E-state index in [0.717, 1.165) is 6.42 Å². The van der Waals surface area contributed by atoms with E-state index in [9.17, 15) is 0 Å². The first-order valence-electron chi connectivity index (χ1n) is 9.44. The lowest BCUT2D eigenvalue weighted by Crippen LogP contribution is -1.93. The Hall–Kier alpha value is -3.32. The zero-order valence-electron chi connectivity index (χ0n) is 15.4. The Labute approximate surface area is 159 Å². The SMILES string of the molecule is CC1=CC(c2ccc3c4ccccc4n(-c4ccccc4)c3c2)=CC=CC1. The van der Waals surface area contributed by atoms with Crippen LogP contribution in [0.15, 0.2) is 103 Å². The number of fused-ring (bicyclic) bond motifs is 3. The van der Waals surface area contributed by atoms with Gasteiger partial charge in [0.2, 0.25) is 0 Å². The maximum absolute atomic E-state index is 2.37. The van der Waals surface area contributed by atoms with Crippen molar-refractivity contribution in [1.29, 1.82) is 0 Å². The topological polar surface area (TPSA) is 4.93 Å². The first kappa shape index (κ1) is 15.9. The van der Waals surface area contributed by atoms with Gasteiger partial charge in [-0.1, -0.05) is 78.4 Å². The van der Waals surface area contributed by atoms with Crippen molar-refractivity contribution in [3.05, 3.63) is 108 Å². The van der Waals surface area contributed by atoms with Crippen LogP contribution in [0.1, 0.15) is 18.9 Å². The van der Waals surface area contributed by atoms with Gasteiger partial charge in [0.1, 0.15) is 0 Å². The van der Waals surface area contributed by atoms with Gasteiger partial charge >= 0.3 is 0 Å². The normalized spacial score (nSPS) is 14.3. The molecule has 0 atom stereocenters. The average Bonchev–Trinajstić information content (AvgIpc) is 2.88. The average molecular weight is 347 g/mol. The van der Waals surface area contributed by atoms with Crippen molar-refractivity contribution >= 4 is 27.4 Å². The molecule has 0 radical (unpaired) electrons. The second kappa shape index (κ2) is 6.44. The zero-order valence-corrected chi connectivity index (χ0v) is 15.4. The molecule has 1 heteroatoms. The molecule has 4 aromatic rings. The molecule has 0 N–H and O–H groups in total. The molecule has 0 bridgehead atoms. The molecule has 0 spiro atoms. The molecule has 0 aliphatic heterocycles. The van der Waals surface area contributed by atoms with Crippen LogP contribution in [0.2, 0.25) is 0 Å². The number of aromatic nitrogens is 1. The molecule has 130 valence electrons. The fraction of sp³-hybridized carbons (Fsp3) is 0.0769. The van der Waals surface area contributed by atoms with Gasteiger partial charge in [0.25, 0.3) is 0 Å². The highest BCUT2D eigenvalue weighted by molar-refractivity contribution is 6.10. The molecule has 3 aromatic carbocycles. The number of hydrogen-bond donors (Lipinski definition) is 0. The van der Waals surface area contributed by atoms with Crippen molar-refractivity contribution in [3.63, 3.8) is 0 Å². The zero-order chi connectivity index (χ0) is 18.2. The number of allylic oxidation sites excluding steroid dienone is 6. The van der Waals surface area contributed by atoms with E-state index in [-0.39, 0.29) is 0 Å². The van der Waals surface area contributed by atoms with E-state index in [1.165, 1.54) is 44.2 Å². The lowest BCUT2D eigenvalue weighted by molar-refractivity contribution is 1.18. The lowest BCUT2D eigenvalue weighted by Gasteiger charge is -2.09. The van der Waals surface area contributed by atoms with Crippen LogP contribution < -0.4 is 0 Å². The summed E-state index contributed by atoms with van der Waals surface area (Å²) >= 11 is 0. The van der Waals surface area contributed by atoms with Gasteiger partial charge in [-0.25, -0.2) is 0 Å². The third-order valence-corrected chi connectivity index (χ3v) is 5.28. The number of rotatable bonds is 2. The van der Waals surface area contributed by atoms with Crippen LogP contribution in [0.4, 0.5) is 0 Å². The molecule has 1 nitrogen and oxygen atoms in total. The first-order valence-corrected chi connectivity index (χ1v) is 9.44. The fourth-order valence-electron chi connectivity index (χ4n) is 3.98. The predicted molar refractivity (Wildman–Crippen MR) is 116 cm³/mol. The Balaban J connectivity index is 1.82. The Bertz CT molecular complexity index is 1230. The molecule has 5 rings (SSSR count). The molecule has 1 aromatic heterocycles. The molecule has 27 heavy (non-hydrogen) atoms. The second-order valence-electron chi connectivity index (χ2n) is 7.17.